The Morgan fingerprint density at radius 1 is 1.32 bits per heavy atom. The molecule has 4 nitrogen and oxygen atoms in total. The highest BCUT2D eigenvalue weighted by Crippen LogP contribution is 2.23. The Balaban J connectivity index is 2.65. The van der Waals surface area contributed by atoms with Crippen molar-refractivity contribution in [1.29, 1.82) is 0 Å². The average Bonchev–Trinajstić information content (AvgIpc) is 2.35. The second-order valence-electron chi connectivity index (χ2n) is 4.71. The largest absolute Gasteiger partial charge is 0.490 e. The molecule has 108 valence electrons. The lowest BCUT2D eigenvalue weighted by atomic mass is 10.2. The van der Waals surface area contributed by atoms with E-state index in [0.717, 1.165) is 22.3 Å². The van der Waals surface area contributed by atoms with E-state index in [9.17, 15) is 5.11 Å². The summed E-state index contributed by atoms with van der Waals surface area (Å²) in [4.78, 5) is 0. The highest BCUT2D eigenvalue weighted by molar-refractivity contribution is 9.10. The molecule has 1 aromatic carbocycles. The molecule has 5 heteroatoms. The Bertz CT molecular complexity index is 385. The van der Waals surface area contributed by atoms with E-state index in [1.165, 1.54) is 0 Å². The number of hydrogen-bond acceptors (Lipinski definition) is 4. The maximum atomic E-state index is 9.60. The summed E-state index contributed by atoms with van der Waals surface area (Å²) in [6.07, 6.45) is -0.612. The maximum Gasteiger partial charge on any atom is 0.124 e. The molecule has 0 aliphatic rings. The average molecular weight is 332 g/mol. The number of aliphatic hydroxyl groups excluding tert-OH is 1. The van der Waals surface area contributed by atoms with Gasteiger partial charge in [-0.3, -0.25) is 0 Å². The summed E-state index contributed by atoms with van der Waals surface area (Å²) in [7, 11) is 1.56. The zero-order chi connectivity index (χ0) is 14.3. The number of rotatable bonds is 8. The molecule has 0 saturated carbocycles. The van der Waals surface area contributed by atoms with E-state index in [0.29, 0.717) is 6.04 Å². The lowest BCUT2D eigenvalue weighted by Gasteiger charge is -2.16. The Kier molecular flexibility index (Phi) is 7.38. The molecule has 0 aliphatic heterocycles. The fourth-order valence-electron chi connectivity index (χ4n) is 1.57. The quantitative estimate of drug-likeness (QED) is 0.767. The molecule has 1 rings (SSSR count). The van der Waals surface area contributed by atoms with Gasteiger partial charge in [0, 0.05) is 29.7 Å². The number of halogens is 1. The molecule has 0 amide bonds. The van der Waals surface area contributed by atoms with Gasteiger partial charge in [-0.05, 0) is 18.2 Å². The SMILES string of the molecule is COCC(O)COc1ccc(Br)cc1CNC(C)C. The van der Waals surface area contributed by atoms with Crippen LogP contribution in [0, 0.1) is 0 Å². The molecular weight excluding hydrogens is 310 g/mol. The lowest BCUT2D eigenvalue weighted by molar-refractivity contribution is 0.0323. The van der Waals surface area contributed by atoms with E-state index < -0.39 is 6.10 Å². The van der Waals surface area contributed by atoms with E-state index in [1.807, 2.05) is 18.2 Å². The molecule has 0 radical (unpaired) electrons. The van der Waals surface area contributed by atoms with Crippen molar-refractivity contribution in [2.75, 3.05) is 20.3 Å². The van der Waals surface area contributed by atoms with E-state index >= 15 is 0 Å². The molecule has 1 atom stereocenters. The minimum Gasteiger partial charge on any atom is -0.490 e. The fourth-order valence-corrected chi connectivity index (χ4v) is 1.98. The fraction of sp³-hybridized carbons (Fsp3) is 0.571. The van der Waals surface area contributed by atoms with Crippen LogP contribution in [0.25, 0.3) is 0 Å². The van der Waals surface area contributed by atoms with Crippen LogP contribution in [0.1, 0.15) is 19.4 Å². The van der Waals surface area contributed by atoms with E-state index in [-0.39, 0.29) is 13.2 Å². The second kappa shape index (κ2) is 8.53. The summed E-state index contributed by atoms with van der Waals surface area (Å²) in [5, 5.41) is 13.0. The van der Waals surface area contributed by atoms with Gasteiger partial charge < -0.3 is 19.9 Å². The number of ether oxygens (including phenoxy) is 2. The van der Waals surface area contributed by atoms with Gasteiger partial charge in [0.2, 0.25) is 0 Å². The van der Waals surface area contributed by atoms with Gasteiger partial charge in [-0.25, -0.2) is 0 Å². The minimum atomic E-state index is -0.612. The van der Waals surface area contributed by atoms with Crippen LogP contribution in [0.2, 0.25) is 0 Å². The summed E-state index contributed by atoms with van der Waals surface area (Å²) in [6, 6.07) is 6.26. The van der Waals surface area contributed by atoms with Crippen LogP contribution in [0.5, 0.6) is 5.75 Å². The van der Waals surface area contributed by atoms with E-state index in [1.54, 1.807) is 7.11 Å². The Hall–Kier alpha value is -0.620. The smallest absolute Gasteiger partial charge is 0.124 e. The molecule has 1 unspecified atom stereocenters. The molecule has 0 saturated heterocycles. The van der Waals surface area contributed by atoms with Crippen molar-refractivity contribution in [1.82, 2.24) is 5.32 Å². The maximum absolute atomic E-state index is 9.60. The van der Waals surface area contributed by atoms with Crippen LogP contribution in [0.4, 0.5) is 0 Å². The molecule has 0 bridgehead atoms. The van der Waals surface area contributed by atoms with Crippen molar-refractivity contribution in [3.8, 4) is 5.75 Å². The van der Waals surface area contributed by atoms with Gasteiger partial charge in [-0.15, -0.1) is 0 Å². The van der Waals surface area contributed by atoms with Gasteiger partial charge in [0.15, 0.2) is 0 Å². The molecule has 19 heavy (non-hydrogen) atoms. The summed E-state index contributed by atoms with van der Waals surface area (Å²) < 4.78 is 11.5. The van der Waals surface area contributed by atoms with Crippen molar-refractivity contribution in [3.05, 3.63) is 28.2 Å². The number of nitrogens with one attached hydrogen (secondary N) is 1. The predicted octanol–water partition coefficient (Wildman–Crippen LogP) is 2.33. The molecule has 1 aromatic rings. The molecule has 2 N–H and O–H groups in total. The van der Waals surface area contributed by atoms with Gasteiger partial charge in [-0.2, -0.15) is 0 Å². The molecule has 0 heterocycles. The van der Waals surface area contributed by atoms with E-state index in [4.69, 9.17) is 9.47 Å². The topological polar surface area (TPSA) is 50.7 Å². The summed E-state index contributed by atoms with van der Waals surface area (Å²) in [5.74, 6) is 0.784. The summed E-state index contributed by atoms with van der Waals surface area (Å²) in [5.41, 5.74) is 1.06. The van der Waals surface area contributed by atoms with Crippen LogP contribution < -0.4 is 10.1 Å². The first kappa shape index (κ1) is 16.4. The van der Waals surface area contributed by atoms with Gasteiger partial charge in [0.25, 0.3) is 0 Å². The molecule has 0 aliphatic carbocycles. The molecule has 0 fully saturated rings. The van der Waals surface area contributed by atoms with Crippen LogP contribution in [0.3, 0.4) is 0 Å². The molecular formula is C14H22BrNO3. The third kappa shape index (κ3) is 6.38. The number of benzene rings is 1. The van der Waals surface area contributed by atoms with Gasteiger partial charge >= 0.3 is 0 Å². The molecule has 0 spiro atoms. The van der Waals surface area contributed by atoms with E-state index in [2.05, 4.69) is 35.1 Å². The zero-order valence-electron chi connectivity index (χ0n) is 11.6. The highest BCUT2D eigenvalue weighted by atomic mass is 79.9. The van der Waals surface area contributed by atoms with Crippen LogP contribution in [-0.2, 0) is 11.3 Å². The van der Waals surface area contributed by atoms with Crippen LogP contribution in [0.15, 0.2) is 22.7 Å². The van der Waals surface area contributed by atoms with Crippen molar-refractivity contribution < 1.29 is 14.6 Å². The first-order chi connectivity index (χ1) is 9.02. The monoisotopic (exact) mass is 331 g/mol. The van der Waals surface area contributed by atoms with Gasteiger partial charge in [-0.1, -0.05) is 29.8 Å². The highest BCUT2D eigenvalue weighted by Gasteiger charge is 2.09. The van der Waals surface area contributed by atoms with Crippen LogP contribution >= 0.6 is 15.9 Å². The van der Waals surface area contributed by atoms with Gasteiger partial charge in [0.1, 0.15) is 18.5 Å². The standard InChI is InChI=1S/C14H22BrNO3/c1-10(2)16-7-11-6-12(15)4-5-14(11)19-9-13(17)8-18-3/h4-6,10,13,16-17H,7-9H2,1-3H3. The summed E-state index contributed by atoms with van der Waals surface area (Å²) >= 11 is 3.46. The number of aliphatic hydroxyl groups is 1. The van der Waals surface area contributed by atoms with Crippen molar-refractivity contribution in [2.24, 2.45) is 0 Å². The Morgan fingerprint density at radius 2 is 2.05 bits per heavy atom. The normalized spacial score (nSPS) is 12.7. The van der Waals surface area contributed by atoms with Crippen molar-refractivity contribution in [2.45, 2.75) is 32.5 Å². The van der Waals surface area contributed by atoms with Crippen molar-refractivity contribution in [3.63, 3.8) is 0 Å². The zero-order valence-corrected chi connectivity index (χ0v) is 13.2. The Morgan fingerprint density at radius 3 is 2.68 bits per heavy atom. The number of methoxy groups -OCH3 is 1. The number of hydrogen-bond donors (Lipinski definition) is 2. The van der Waals surface area contributed by atoms with Crippen molar-refractivity contribution >= 4 is 15.9 Å². The Labute approximate surface area is 123 Å². The lowest BCUT2D eigenvalue weighted by Crippen LogP contribution is -2.24. The third-order valence-corrected chi connectivity index (χ3v) is 3.01. The van der Waals surface area contributed by atoms with Gasteiger partial charge in [0.05, 0.1) is 6.61 Å². The van der Waals surface area contributed by atoms with Crippen LogP contribution in [-0.4, -0.2) is 37.6 Å². The third-order valence-electron chi connectivity index (χ3n) is 2.51. The second-order valence-corrected chi connectivity index (χ2v) is 5.62. The summed E-state index contributed by atoms with van der Waals surface area (Å²) in [6.45, 7) is 5.43. The predicted molar refractivity (Wildman–Crippen MR) is 79.5 cm³/mol. The molecule has 0 aromatic heterocycles. The minimum absolute atomic E-state index is 0.226. The first-order valence-corrected chi connectivity index (χ1v) is 7.13. The first-order valence-electron chi connectivity index (χ1n) is 6.34.